The Bertz CT molecular complexity index is 790. The lowest BCUT2D eigenvalue weighted by Crippen LogP contribution is -2.40. The molecule has 1 heterocycles. The second kappa shape index (κ2) is 11.2. The molecule has 0 bridgehead atoms. The number of thiophene rings is 1. The average molecular weight is 402 g/mol. The van der Waals surface area contributed by atoms with E-state index in [1.165, 1.54) is 9.78 Å². The molecule has 7 heteroatoms. The summed E-state index contributed by atoms with van der Waals surface area (Å²) in [6, 6.07) is 10.9. The van der Waals surface area contributed by atoms with E-state index in [-0.39, 0.29) is 24.3 Å². The van der Waals surface area contributed by atoms with E-state index < -0.39 is 0 Å². The van der Waals surface area contributed by atoms with Crippen LogP contribution in [0, 0.1) is 0 Å². The number of carbonyl (C=O) groups is 3. The van der Waals surface area contributed by atoms with E-state index in [0.717, 1.165) is 12.8 Å². The van der Waals surface area contributed by atoms with Gasteiger partial charge in [0.1, 0.15) is 0 Å². The van der Waals surface area contributed by atoms with E-state index in [0.29, 0.717) is 30.8 Å². The number of amides is 3. The average Bonchev–Trinajstić information content (AvgIpc) is 3.19. The van der Waals surface area contributed by atoms with Gasteiger partial charge in [-0.05, 0) is 56.3 Å². The number of hydrogen-bond donors (Lipinski definition) is 2. The van der Waals surface area contributed by atoms with Gasteiger partial charge in [-0.1, -0.05) is 12.1 Å². The summed E-state index contributed by atoms with van der Waals surface area (Å²) < 4.78 is 0. The van der Waals surface area contributed by atoms with Gasteiger partial charge in [-0.25, -0.2) is 0 Å². The fourth-order valence-electron chi connectivity index (χ4n) is 2.77. The Morgan fingerprint density at radius 1 is 1.07 bits per heavy atom. The largest absolute Gasteiger partial charge is 0.355 e. The molecule has 0 saturated carbocycles. The summed E-state index contributed by atoms with van der Waals surface area (Å²) in [5, 5.41) is 7.58. The first-order valence-electron chi connectivity index (χ1n) is 9.51. The molecule has 0 unspecified atom stereocenters. The van der Waals surface area contributed by atoms with Crippen molar-refractivity contribution in [1.29, 1.82) is 0 Å². The standard InChI is InChI=1S/C21H27N3O3S/c1-3-22-20(26)15-24(4-2)21(27)16-8-5-9-17(14-16)23-19(25)12-6-10-18-11-7-13-28-18/h5,7-9,11,13-14H,3-4,6,10,12,15H2,1-2H3,(H,22,26)(H,23,25). The van der Waals surface area contributed by atoms with Crippen LogP contribution in [-0.2, 0) is 16.0 Å². The number of carbonyl (C=O) groups excluding carboxylic acids is 3. The number of anilines is 1. The molecule has 0 atom stereocenters. The van der Waals surface area contributed by atoms with Crippen LogP contribution in [0.15, 0.2) is 41.8 Å². The molecule has 150 valence electrons. The van der Waals surface area contributed by atoms with Crippen LogP contribution >= 0.6 is 11.3 Å². The SMILES string of the molecule is CCNC(=O)CN(CC)C(=O)c1cccc(NC(=O)CCCc2cccs2)c1. The van der Waals surface area contributed by atoms with Crippen LogP contribution in [0.25, 0.3) is 0 Å². The third-order valence-electron chi connectivity index (χ3n) is 4.18. The zero-order valence-electron chi connectivity index (χ0n) is 16.4. The van der Waals surface area contributed by atoms with Crippen molar-refractivity contribution in [2.75, 3.05) is 25.0 Å². The van der Waals surface area contributed by atoms with Crippen LogP contribution in [-0.4, -0.2) is 42.3 Å². The van der Waals surface area contributed by atoms with Crippen molar-refractivity contribution in [3.63, 3.8) is 0 Å². The number of benzene rings is 1. The lowest BCUT2D eigenvalue weighted by Gasteiger charge is -2.20. The number of nitrogens with zero attached hydrogens (tertiary/aromatic N) is 1. The highest BCUT2D eigenvalue weighted by Gasteiger charge is 2.17. The molecule has 2 N–H and O–H groups in total. The molecule has 2 rings (SSSR count). The monoisotopic (exact) mass is 401 g/mol. The first-order valence-corrected chi connectivity index (χ1v) is 10.4. The number of rotatable bonds is 10. The molecule has 0 radical (unpaired) electrons. The van der Waals surface area contributed by atoms with Gasteiger partial charge in [-0.2, -0.15) is 0 Å². The lowest BCUT2D eigenvalue weighted by molar-refractivity contribution is -0.121. The Balaban J connectivity index is 1.91. The van der Waals surface area contributed by atoms with E-state index in [4.69, 9.17) is 0 Å². The van der Waals surface area contributed by atoms with Crippen molar-refractivity contribution in [3.05, 3.63) is 52.2 Å². The molecule has 1 aromatic heterocycles. The van der Waals surface area contributed by atoms with Gasteiger partial charge < -0.3 is 15.5 Å². The van der Waals surface area contributed by atoms with E-state index in [2.05, 4.69) is 16.7 Å². The molecule has 2 aromatic rings. The van der Waals surface area contributed by atoms with Gasteiger partial charge in [-0.15, -0.1) is 11.3 Å². The maximum atomic E-state index is 12.7. The highest BCUT2D eigenvalue weighted by molar-refractivity contribution is 7.09. The lowest BCUT2D eigenvalue weighted by atomic mass is 10.1. The maximum absolute atomic E-state index is 12.7. The molecule has 0 aliphatic heterocycles. The van der Waals surface area contributed by atoms with Crippen molar-refractivity contribution < 1.29 is 14.4 Å². The Hall–Kier alpha value is -2.67. The van der Waals surface area contributed by atoms with Crippen LogP contribution in [0.2, 0.25) is 0 Å². The fraction of sp³-hybridized carbons (Fsp3) is 0.381. The summed E-state index contributed by atoms with van der Waals surface area (Å²) in [4.78, 5) is 39.4. The van der Waals surface area contributed by atoms with Gasteiger partial charge in [-0.3, -0.25) is 14.4 Å². The summed E-state index contributed by atoms with van der Waals surface area (Å²) in [7, 11) is 0. The van der Waals surface area contributed by atoms with Crippen LogP contribution < -0.4 is 10.6 Å². The third-order valence-corrected chi connectivity index (χ3v) is 5.11. The zero-order chi connectivity index (χ0) is 20.4. The number of nitrogens with one attached hydrogen (secondary N) is 2. The normalized spacial score (nSPS) is 10.4. The Kier molecular flexibility index (Phi) is 8.68. The molecule has 28 heavy (non-hydrogen) atoms. The van der Waals surface area contributed by atoms with E-state index >= 15 is 0 Å². The molecule has 6 nitrogen and oxygen atoms in total. The summed E-state index contributed by atoms with van der Waals surface area (Å²) in [6.07, 6.45) is 2.09. The smallest absolute Gasteiger partial charge is 0.254 e. The number of aryl methyl sites for hydroxylation is 1. The molecular formula is C21H27N3O3S. The van der Waals surface area contributed by atoms with Crippen LogP contribution in [0.3, 0.4) is 0 Å². The maximum Gasteiger partial charge on any atom is 0.254 e. The quantitative estimate of drug-likeness (QED) is 0.641. The predicted octanol–water partition coefficient (Wildman–Crippen LogP) is 3.31. The Morgan fingerprint density at radius 3 is 2.57 bits per heavy atom. The van der Waals surface area contributed by atoms with Gasteiger partial charge in [0, 0.05) is 35.6 Å². The Morgan fingerprint density at radius 2 is 1.89 bits per heavy atom. The van der Waals surface area contributed by atoms with Gasteiger partial charge in [0.05, 0.1) is 6.54 Å². The van der Waals surface area contributed by atoms with Crippen molar-refractivity contribution in [1.82, 2.24) is 10.2 Å². The first kappa shape index (κ1) is 21.6. The minimum absolute atomic E-state index is 0.0163. The molecule has 0 saturated heterocycles. The van der Waals surface area contributed by atoms with Crippen LogP contribution in [0.4, 0.5) is 5.69 Å². The molecule has 0 aliphatic carbocycles. The zero-order valence-corrected chi connectivity index (χ0v) is 17.2. The molecule has 3 amide bonds. The number of hydrogen-bond acceptors (Lipinski definition) is 4. The van der Waals surface area contributed by atoms with Crippen molar-refractivity contribution in [2.24, 2.45) is 0 Å². The molecule has 0 fully saturated rings. The molecule has 1 aromatic carbocycles. The second-order valence-corrected chi connectivity index (χ2v) is 7.37. The summed E-state index contributed by atoms with van der Waals surface area (Å²) in [5.41, 5.74) is 1.03. The first-order chi connectivity index (χ1) is 13.5. The highest BCUT2D eigenvalue weighted by Crippen LogP contribution is 2.15. The van der Waals surface area contributed by atoms with Gasteiger partial charge >= 0.3 is 0 Å². The molecule has 0 spiro atoms. The second-order valence-electron chi connectivity index (χ2n) is 6.33. The minimum atomic E-state index is -0.234. The van der Waals surface area contributed by atoms with E-state index in [1.807, 2.05) is 25.3 Å². The number of likely N-dealkylation sites (N-methyl/N-ethyl adjacent to an activating group) is 2. The summed E-state index contributed by atoms with van der Waals surface area (Å²) in [5.74, 6) is -0.494. The summed E-state index contributed by atoms with van der Waals surface area (Å²) in [6.45, 7) is 4.63. The van der Waals surface area contributed by atoms with Crippen LogP contribution in [0.5, 0.6) is 0 Å². The fourth-order valence-corrected chi connectivity index (χ4v) is 3.52. The minimum Gasteiger partial charge on any atom is -0.355 e. The van der Waals surface area contributed by atoms with Gasteiger partial charge in [0.2, 0.25) is 11.8 Å². The van der Waals surface area contributed by atoms with Gasteiger partial charge in [0.25, 0.3) is 5.91 Å². The Labute approximate surface area is 169 Å². The third kappa shape index (κ3) is 6.81. The predicted molar refractivity (Wildman–Crippen MR) is 113 cm³/mol. The van der Waals surface area contributed by atoms with E-state index in [1.54, 1.807) is 35.6 Å². The van der Waals surface area contributed by atoms with E-state index in [9.17, 15) is 14.4 Å². The van der Waals surface area contributed by atoms with Gasteiger partial charge in [0.15, 0.2) is 0 Å². The molecular weight excluding hydrogens is 374 g/mol. The van der Waals surface area contributed by atoms with Crippen molar-refractivity contribution in [3.8, 4) is 0 Å². The van der Waals surface area contributed by atoms with Crippen molar-refractivity contribution >= 4 is 34.7 Å². The summed E-state index contributed by atoms with van der Waals surface area (Å²) >= 11 is 1.69. The van der Waals surface area contributed by atoms with Crippen LogP contribution in [0.1, 0.15) is 41.9 Å². The highest BCUT2D eigenvalue weighted by atomic mass is 32.1. The van der Waals surface area contributed by atoms with Crippen molar-refractivity contribution in [2.45, 2.75) is 33.1 Å². The molecule has 0 aliphatic rings. The topological polar surface area (TPSA) is 78.5 Å².